The highest BCUT2D eigenvalue weighted by molar-refractivity contribution is 4.89. The lowest BCUT2D eigenvalue weighted by Crippen LogP contribution is -2.48. The van der Waals surface area contributed by atoms with Gasteiger partial charge < -0.3 is 4.74 Å². The van der Waals surface area contributed by atoms with Crippen LogP contribution < -0.4 is 5.32 Å². The van der Waals surface area contributed by atoms with Crippen LogP contribution in [0.5, 0.6) is 0 Å². The molecule has 0 aromatic rings. The Hall–Kier alpha value is -0.0800. The molecule has 0 aromatic heterocycles. The summed E-state index contributed by atoms with van der Waals surface area (Å²) in [6, 6.07) is 0. The minimum atomic E-state index is 0.176. The molecule has 1 aliphatic rings. The molecule has 84 valence electrons. The molecule has 1 rings (SSSR count). The van der Waals surface area contributed by atoms with Crippen LogP contribution in [0.15, 0.2) is 0 Å². The van der Waals surface area contributed by atoms with Crippen molar-refractivity contribution in [3.63, 3.8) is 0 Å². The molecule has 1 aliphatic heterocycles. The van der Waals surface area contributed by atoms with E-state index in [4.69, 9.17) is 4.74 Å². The molecule has 1 atom stereocenters. The van der Waals surface area contributed by atoms with Gasteiger partial charge in [0.25, 0.3) is 0 Å². The SMILES string of the molecule is CC(C)C1NC(C)(C)CC(C)(C)CO1. The predicted octanol–water partition coefficient (Wildman–Crippen LogP) is 2.78. The third kappa shape index (κ3) is 3.25. The molecule has 2 nitrogen and oxygen atoms in total. The summed E-state index contributed by atoms with van der Waals surface area (Å²) in [6.45, 7) is 14.3. The lowest BCUT2D eigenvalue weighted by Gasteiger charge is -2.32. The largest absolute Gasteiger partial charge is 0.363 e. The fourth-order valence-corrected chi connectivity index (χ4v) is 2.40. The van der Waals surface area contributed by atoms with E-state index in [-0.39, 0.29) is 17.2 Å². The molecule has 1 unspecified atom stereocenters. The zero-order chi connectivity index (χ0) is 11.0. The Balaban J connectivity index is 2.74. The molecule has 0 spiro atoms. The number of hydrogen-bond acceptors (Lipinski definition) is 2. The van der Waals surface area contributed by atoms with E-state index in [1.807, 2.05) is 0 Å². The van der Waals surface area contributed by atoms with Crippen molar-refractivity contribution in [2.24, 2.45) is 11.3 Å². The Labute approximate surface area is 88.4 Å². The van der Waals surface area contributed by atoms with Gasteiger partial charge in [-0.2, -0.15) is 0 Å². The molecule has 2 heteroatoms. The second-order valence-corrected chi connectivity index (χ2v) is 6.34. The van der Waals surface area contributed by atoms with Gasteiger partial charge in [-0.25, -0.2) is 0 Å². The zero-order valence-corrected chi connectivity index (χ0v) is 10.5. The summed E-state index contributed by atoms with van der Waals surface area (Å²) in [7, 11) is 0. The Kier molecular flexibility index (Phi) is 3.27. The van der Waals surface area contributed by atoms with Crippen LogP contribution >= 0.6 is 0 Å². The van der Waals surface area contributed by atoms with E-state index in [0.29, 0.717) is 5.92 Å². The Morgan fingerprint density at radius 3 is 2.29 bits per heavy atom. The van der Waals surface area contributed by atoms with E-state index in [1.165, 1.54) is 0 Å². The molecule has 0 amide bonds. The molecule has 0 radical (unpaired) electrons. The van der Waals surface area contributed by atoms with Crippen LogP contribution in [0.2, 0.25) is 0 Å². The molecule has 0 aromatic carbocycles. The molecule has 14 heavy (non-hydrogen) atoms. The zero-order valence-electron chi connectivity index (χ0n) is 10.5. The van der Waals surface area contributed by atoms with Gasteiger partial charge in [0.05, 0.1) is 6.61 Å². The van der Waals surface area contributed by atoms with E-state index >= 15 is 0 Å². The molecule has 1 fully saturated rings. The summed E-state index contributed by atoms with van der Waals surface area (Å²) in [5.41, 5.74) is 0.453. The van der Waals surface area contributed by atoms with Gasteiger partial charge in [0.2, 0.25) is 0 Å². The van der Waals surface area contributed by atoms with E-state index in [9.17, 15) is 0 Å². The summed E-state index contributed by atoms with van der Waals surface area (Å²) in [4.78, 5) is 0. The maximum Gasteiger partial charge on any atom is 0.110 e. The highest BCUT2D eigenvalue weighted by Gasteiger charge is 2.35. The first-order chi connectivity index (χ1) is 6.22. The monoisotopic (exact) mass is 199 g/mol. The highest BCUT2D eigenvalue weighted by Crippen LogP contribution is 2.32. The Morgan fingerprint density at radius 1 is 1.21 bits per heavy atom. The van der Waals surface area contributed by atoms with Crippen molar-refractivity contribution in [2.45, 2.75) is 59.7 Å². The number of nitrogens with one attached hydrogen (secondary N) is 1. The van der Waals surface area contributed by atoms with E-state index in [1.54, 1.807) is 0 Å². The predicted molar refractivity (Wildman–Crippen MR) is 60.2 cm³/mol. The van der Waals surface area contributed by atoms with E-state index in [0.717, 1.165) is 13.0 Å². The van der Waals surface area contributed by atoms with E-state index in [2.05, 4.69) is 46.9 Å². The lowest BCUT2D eigenvalue weighted by atomic mass is 9.81. The molecule has 1 saturated heterocycles. The molecule has 1 heterocycles. The Bertz CT molecular complexity index is 196. The van der Waals surface area contributed by atoms with Crippen LogP contribution in [0.25, 0.3) is 0 Å². The highest BCUT2D eigenvalue weighted by atomic mass is 16.5. The van der Waals surface area contributed by atoms with Crippen LogP contribution in [0.4, 0.5) is 0 Å². The average molecular weight is 199 g/mol. The van der Waals surface area contributed by atoms with Gasteiger partial charge in [0.15, 0.2) is 0 Å². The number of ether oxygens (including phenoxy) is 1. The maximum absolute atomic E-state index is 5.90. The number of rotatable bonds is 1. The summed E-state index contributed by atoms with van der Waals surface area (Å²) >= 11 is 0. The van der Waals surface area contributed by atoms with Gasteiger partial charge in [-0.1, -0.05) is 27.7 Å². The van der Waals surface area contributed by atoms with Crippen LogP contribution in [-0.2, 0) is 4.74 Å². The molecular weight excluding hydrogens is 174 g/mol. The first-order valence-corrected chi connectivity index (χ1v) is 5.61. The standard InChI is InChI=1S/C12H25NO/c1-9(2)10-13-12(5,6)7-11(3,4)8-14-10/h9-10,13H,7-8H2,1-6H3. The Morgan fingerprint density at radius 2 is 1.79 bits per heavy atom. The summed E-state index contributed by atoms with van der Waals surface area (Å²) in [6.07, 6.45) is 1.36. The van der Waals surface area contributed by atoms with Crippen LogP contribution in [0.3, 0.4) is 0 Å². The minimum absolute atomic E-state index is 0.176. The number of hydrogen-bond donors (Lipinski definition) is 1. The first-order valence-electron chi connectivity index (χ1n) is 5.61. The van der Waals surface area contributed by atoms with Crippen molar-refractivity contribution in [3.05, 3.63) is 0 Å². The van der Waals surface area contributed by atoms with Gasteiger partial charge in [-0.15, -0.1) is 0 Å². The van der Waals surface area contributed by atoms with Crippen LogP contribution in [0, 0.1) is 11.3 Å². The quantitative estimate of drug-likeness (QED) is 0.701. The third-order valence-electron chi connectivity index (χ3n) is 2.71. The van der Waals surface area contributed by atoms with Crippen LogP contribution in [-0.4, -0.2) is 18.4 Å². The van der Waals surface area contributed by atoms with Crippen molar-refractivity contribution in [2.75, 3.05) is 6.61 Å². The van der Waals surface area contributed by atoms with Gasteiger partial charge >= 0.3 is 0 Å². The smallest absolute Gasteiger partial charge is 0.110 e. The van der Waals surface area contributed by atoms with E-state index < -0.39 is 0 Å². The van der Waals surface area contributed by atoms with Crippen LogP contribution in [0.1, 0.15) is 48.0 Å². The third-order valence-corrected chi connectivity index (χ3v) is 2.71. The summed E-state index contributed by atoms with van der Waals surface area (Å²) in [5.74, 6) is 0.531. The minimum Gasteiger partial charge on any atom is -0.363 e. The normalized spacial score (nSPS) is 31.5. The van der Waals surface area contributed by atoms with Crippen molar-refractivity contribution < 1.29 is 4.74 Å². The summed E-state index contributed by atoms with van der Waals surface area (Å²) < 4.78 is 5.90. The van der Waals surface area contributed by atoms with Crippen molar-refractivity contribution in [1.82, 2.24) is 5.32 Å². The van der Waals surface area contributed by atoms with Gasteiger partial charge in [0.1, 0.15) is 6.23 Å². The fraction of sp³-hybridized carbons (Fsp3) is 1.00. The lowest BCUT2D eigenvalue weighted by molar-refractivity contribution is -0.0217. The van der Waals surface area contributed by atoms with Crippen molar-refractivity contribution in [3.8, 4) is 0 Å². The van der Waals surface area contributed by atoms with Crippen molar-refractivity contribution in [1.29, 1.82) is 0 Å². The average Bonchev–Trinajstić information content (AvgIpc) is 2.04. The topological polar surface area (TPSA) is 21.3 Å². The van der Waals surface area contributed by atoms with Gasteiger partial charge in [-0.3, -0.25) is 5.32 Å². The molecule has 0 aliphatic carbocycles. The second-order valence-electron chi connectivity index (χ2n) is 6.34. The molecular formula is C12H25NO. The first kappa shape index (κ1) is 12.0. The molecule has 1 N–H and O–H groups in total. The fourth-order valence-electron chi connectivity index (χ4n) is 2.40. The molecule has 0 bridgehead atoms. The van der Waals surface area contributed by atoms with Gasteiger partial charge in [0, 0.05) is 5.54 Å². The maximum atomic E-state index is 5.90. The van der Waals surface area contributed by atoms with Gasteiger partial charge in [-0.05, 0) is 31.6 Å². The summed E-state index contributed by atoms with van der Waals surface area (Å²) in [5, 5.41) is 3.59. The van der Waals surface area contributed by atoms with Crippen molar-refractivity contribution >= 4 is 0 Å². The second kappa shape index (κ2) is 3.82. The molecule has 0 saturated carbocycles.